The lowest BCUT2D eigenvalue weighted by Crippen LogP contribution is -1.93. The van der Waals surface area contributed by atoms with Gasteiger partial charge in [-0.05, 0) is 42.5 Å². The summed E-state index contributed by atoms with van der Waals surface area (Å²) in [6.07, 6.45) is 0. The second-order valence-electron chi connectivity index (χ2n) is 5.30. The number of rotatable bonds is 6. The van der Waals surface area contributed by atoms with Crippen LogP contribution in [-0.4, -0.2) is 31.6 Å². The molecule has 0 aliphatic rings. The second-order valence-corrected chi connectivity index (χ2v) is 5.30. The smallest absolute Gasteiger partial charge is 0.173 e. The van der Waals surface area contributed by atoms with Crippen molar-refractivity contribution in [3.8, 4) is 39.8 Å². The summed E-state index contributed by atoms with van der Waals surface area (Å²) in [4.78, 5) is 0. The van der Waals surface area contributed by atoms with Crippen molar-refractivity contribution in [1.82, 2.24) is 5.16 Å². The van der Waals surface area contributed by atoms with Crippen molar-refractivity contribution < 1.29 is 23.8 Å². The first kappa shape index (κ1) is 16.9. The molecule has 130 valence electrons. The van der Waals surface area contributed by atoms with Gasteiger partial charge in [0.05, 0.1) is 33.5 Å². The number of methoxy groups -OCH3 is 3. The highest BCUT2D eigenvalue weighted by atomic mass is 16.5. The Kier molecular flexibility index (Phi) is 4.90. The summed E-state index contributed by atoms with van der Waals surface area (Å²) in [6, 6.07) is 12.8. The maximum atomic E-state index is 9.86. The molecular formula is C19H19NO5. The van der Waals surface area contributed by atoms with Crippen LogP contribution in [-0.2, 0) is 6.61 Å². The van der Waals surface area contributed by atoms with Crippen LogP contribution >= 0.6 is 0 Å². The van der Waals surface area contributed by atoms with Crippen LogP contribution in [0.3, 0.4) is 0 Å². The Morgan fingerprint density at radius 3 is 2.16 bits per heavy atom. The van der Waals surface area contributed by atoms with Crippen LogP contribution in [0.5, 0.6) is 17.2 Å². The minimum atomic E-state index is -0.200. The van der Waals surface area contributed by atoms with E-state index in [4.69, 9.17) is 18.7 Å². The molecule has 0 bridgehead atoms. The molecule has 0 fully saturated rings. The van der Waals surface area contributed by atoms with Crippen molar-refractivity contribution in [3.05, 3.63) is 48.0 Å². The lowest BCUT2D eigenvalue weighted by atomic mass is 10.0. The maximum absolute atomic E-state index is 9.86. The Bertz CT molecular complexity index is 855. The van der Waals surface area contributed by atoms with Gasteiger partial charge in [0, 0.05) is 11.1 Å². The van der Waals surface area contributed by atoms with E-state index >= 15 is 0 Å². The van der Waals surface area contributed by atoms with E-state index in [0.717, 1.165) is 16.9 Å². The first-order valence-electron chi connectivity index (χ1n) is 7.68. The summed E-state index contributed by atoms with van der Waals surface area (Å²) in [7, 11) is 4.76. The molecule has 0 aliphatic heterocycles. The molecule has 1 heterocycles. The highest BCUT2D eigenvalue weighted by Crippen LogP contribution is 2.37. The minimum Gasteiger partial charge on any atom is -0.497 e. The molecule has 0 saturated heterocycles. The van der Waals surface area contributed by atoms with Gasteiger partial charge in [-0.1, -0.05) is 5.16 Å². The number of hydrogen-bond donors (Lipinski definition) is 1. The zero-order chi connectivity index (χ0) is 17.8. The highest BCUT2D eigenvalue weighted by Gasteiger charge is 2.19. The van der Waals surface area contributed by atoms with Gasteiger partial charge in [0.2, 0.25) is 0 Å². The summed E-state index contributed by atoms with van der Waals surface area (Å²) >= 11 is 0. The first-order valence-corrected chi connectivity index (χ1v) is 7.68. The fourth-order valence-electron chi connectivity index (χ4n) is 2.64. The summed E-state index contributed by atoms with van der Waals surface area (Å²) < 4.78 is 21.2. The SMILES string of the molecule is COc1ccc(-c2onc(-c3ccc(OC)c(OC)c3)c2CO)cc1. The van der Waals surface area contributed by atoms with Gasteiger partial charge in [0.15, 0.2) is 17.3 Å². The topological polar surface area (TPSA) is 74.0 Å². The maximum Gasteiger partial charge on any atom is 0.173 e. The average molecular weight is 341 g/mol. The van der Waals surface area contributed by atoms with Crippen LogP contribution in [0.1, 0.15) is 5.56 Å². The first-order chi connectivity index (χ1) is 12.2. The predicted molar refractivity (Wildman–Crippen MR) is 93.0 cm³/mol. The molecule has 0 amide bonds. The van der Waals surface area contributed by atoms with Crippen molar-refractivity contribution >= 4 is 0 Å². The van der Waals surface area contributed by atoms with Gasteiger partial charge >= 0.3 is 0 Å². The van der Waals surface area contributed by atoms with Crippen molar-refractivity contribution in [3.63, 3.8) is 0 Å². The van der Waals surface area contributed by atoms with E-state index in [0.29, 0.717) is 28.5 Å². The molecule has 25 heavy (non-hydrogen) atoms. The second kappa shape index (κ2) is 7.27. The van der Waals surface area contributed by atoms with Crippen molar-refractivity contribution in [1.29, 1.82) is 0 Å². The van der Waals surface area contributed by atoms with Crippen molar-refractivity contribution in [2.45, 2.75) is 6.61 Å². The lowest BCUT2D eigenvalue weighted by molar-refractivity contribution is 0.281. The largest absolute Gasteiger partial charge is 0.497 e. The van der Waals surface area contributed by atoms with Crippen LogP contribution in [0.15, 0.2) is 47.0 Å². The van der Waals surface area contributed by atoms with Crippen LogP contribution in [0, 0.1) is 0 Å². The van der Waals surface area contributed by atoms with Crippen LogP contribution in [0.25, 0.3) is 22.6 Å². The number of benzene rings is 2. The Balaban J connectivity index is 2.05. The molecule has 6 nitrogen and oxygen atoms in total. The number of aromatic nitrogens is 1. The summed E-state index contributed by atoms with van der Waals surface area (Å²) in [5, 5.41) is 14.0. The molecule has 0 radical (unpaired) electrons. The van der Waals surface area contributed by atoms with Crippen LogP contribution in [0.4, 0.5) is 0 Å². The Hall–Kier alpha value is -2.99. The number of nitrogens with zero attached hydrogens (tertiary/aromatic N) is 1. The number of aliphatic hydroxyl groups excluding tert-OH is 1. The van der Waals surface area contributed by atoms with Gasteiger partial charge in [-0.3, -0.25) is 0 Å². The van der Waals surface area contributed by atoms with Crippen LogP contribution in [0.2, 0.25) is 0 Å². The standard InChI is InChI=1S/C19H19NO5/c1-22-14-7-4-12(5-8-14)19-15(11-21)18(20-25-19)13-6-9-16(23-2)17(10-13)24-3/h4-10,21H,11H2,1-3H3. The molecule has 0 unspecified atom stereocenters. The Morgan fingerprint density at radius 1 is 0.880 bits per heavy atom. The fourth-order valence-corrected chi connectivity index (χ4v) is 2.64. The molecule has 0 aliphatic carbocycles. The quantitative estimate of drug-likeness (QED) is 0.739. The molecule has 6 heteroatoms. The molecule has 0 spiro atoms. The third kappa shape index (κ3) is 3.16. The lowest BCUT2D eigenvalue weighted by Gasteiger charge is -2.09. The van der Waals surface area contributed by atoms with E-state index < -0.39 is 0 Å². The molecule has 1 N–H and O–H groups in total. The van der Waals surface area contributed by atoms with E-state index in [1.807, 2.05) is 30.3 Å². The van der Waals surface area contributed by atoms with Gasteiger partial charge in [-0.25, -0.2) is 0 Å². The molecule has 0 saturated carbocycles. The molecule has 3 aromatic rings. The Morgan fingerprint density at radius 2 is 1.56 bits per heavy atom. The zero-order valence-electron chi connectivity index (χ0n) is 14.3. The van der Waals surface area contributed by atoms with Gasteiger partial charge in [-0.15, -0.1) is 0 Å². The average Bonchev–Trinajstić information content (AvgIpc) is 3.11. The van der Waals surface area contributed by atoms with Gasteiger partial charge < -0.3 is 23.8 Å². The van der Waals surface area contributed by atoms with Gasteiger partial charge in [0.25, 0.3) is 0 Å². The van der Waals surface area contributed by atoms with Crippen molar-refractivity contribution in [2.24, 2.45) is 0 Å². The van der Waals surface area contributed by atoms with Crippen molar-refractivity contribution in [2.75, 3.05) is 21.3 Å². The zero-order valence-corrected chi connectivity index (χ0v) is 14.3. The molecular weight excluding hydrogens is 322 g/mol. The number of ether oxygens (including phenoxy) is 3. The van der Waals surface area contributed by atoms with E-state index in [-0.39, 0.29) is 6.61 Å². The minimum absolute atomic E-state index is 0.200. The van der Waals surface area contributed by atoms with E-state index in [1.54, 1.807) is 33.5 Å². The molecule has 1 aromatic heterocycles. The predicted octanol–water partition coefficient (Wildman–Crippen LogP) is 3.53. The normalized spacial score (nSPS) is 10.6. The van der Waals surface area contributed by atoms with E-state index in [2.05, 4.69) is 5.16 Å². The summed E-state index contributed by atoms with van der Waals surface area (Å²) in [5.74, 6) is 2.47. The highest BCUT2D eigenvalue weighted by molar-refractivity contribution is 5.74. The van der Waals surface area contributed by atoms with Gasteiger partial charge in [-0.2, -0.15) is 0 Å². The van der Waals surface area contributed by atoms with E-state index in [1.165, 1.54) is 0 Å². The Labute approximate surface area is 145 Å². The van der Waals surface area contributed by atoms with Gasteiger partial charge in [0.1, 0.15) is 11.4 Å². The fraction of sp³-hybridized carbons (Fsp3) is 0.211. The monoisotopic (exact) mass is 341 g/mol. The number of aliphatic hydroxyl groups is 1. The molecule has 3 rings (SSSR count). The van der Waals surface area contributed by atoms with Crippen LogP contribution < -0.4 is 14.2 Å². The third-order valence-electron chi connectivity index (χ3n) is 3.96. The summed E-state index contributed by atoms with van der Waals surface area (Å²) in [5.41, 5.74) is 2.75. The molecule has 2 aromatic carbocycles. The van der Waals surface area contributed by atoms with E-state index in [9.17, 15) is 5.11 Å². The molecule has 0 atom stereocenters. The third-order valence-corrected chi connectivity index (χ3v) is 3.96. The summed E-state index contributed by atoms with van der Waals surface area (Å²) in [6.45, 7) is -0.200. The number of hydrogen-bond acceptors (Lipinski definition) is 6.